The van der Waals surface area contributed by atoms with Gasteiger partial charge in [0.1, 0.15) is 0 Å². The molecule has 4 N–H and O–H groups in total. The molecule has 0 radical (unpaired) electrons. The number of hydrogen-bond acceptors (Lipinski definition) is 4. The van der Waals surface area contributed by atoms with Crippen molar-refractivity contribution in [3.05, 3.63) is 59.1 Å². The fourth-order valence-corrected chi connectivity index (χ4v) is 2.65. The number of nitrogens with one attached hydrogen (secondary N) is 2. The lowest BCUT2D eigenvalue weighted by Crippen LogP contribution is -2.34. The molecule has 6 nitrogen and oxygen atoms in total. The number of hydrogen-bond donors (Lipinski definition) is 3. The predicted molar refractivity (Wildman–Crippen MR) is 93.0 cm³/mol. The van der Waals surface area contributed by atoms with Crippen LogP contribution in [0.25, 0.3) is 0 Å². The van der Waals surface area contributed by atoms with Gasteiger partial charge in [-0.3, -0.25) is 10.1 Å². The lowest BCUT2D eigenvalue weighted by atomic mass is 10.2. The van der Waals surface area contributed by atoms with E-state index in [4.69, 9.17) is 29.0 Å². The Labute approximate surface area is 143 Å². The molecule has 0 aliphatic carbocycles. The van der Waals surface area contributed by atoms with Crippen molar-refractivity contribution in [3.8, 4) is 0 Å². The smallest absolute Gasteiger partial charge is 0.258 e. The molecule has 9 heteroatoms. The summed E-state index contributed by atoms with van der Waals surface area (Å²) in [5, 5.41) is 10.6. The summed E-state index contributed by atoms with van der Waals surface area (Å²) in [5.41, 5.74) is 0.796. The Morgan fingerprint density at radius 2 is 1.70 bits per heavy atom. The summed E-state index contributed by atoms with van der Waals surface area (Å²) in [4.78, 5) is 12.0. The minimum atomic E-state index is -3.75. The van der Waals surface area contributed by atoms with Gasteiger partial charge in [-0.25, -0.2) is 13.6 Å². The number of benzene rings is 2. The monoisotopic (exact) mass is 369 g/mol. The average Bonchev–Trinajstić information content (AvgIpc) is 2.47. The first-order valence-corrected chi connectivity index (χ1v) is 8.60. The molecule has 0 spiro atoms. The Bertz CT molecular complexity index is 852. The number of amides is 1. The predicted octanol–water partition coefficient (Wildman–Crippen LogP) is 2.11. The van der Waals surface area contributed by atoms with Crippen LogP contribution in [0.5, 0.6) is 0 Å². The van der Waals surface area contributed by atoms with E-state index in [0.29, 0.717) is 16.3 Å². The van der Waals surface area contributed by atoms with Crippen LogP contribution in [-0.4, -0.2) is 19.4 Å². The molecule has 0 aliphatic heterocycles. The van der Waals surface area contributed by atoms with Crippen LogP contribution >= 0.6 is 23.8 Å². The Morgan fingerprint density at radius 3 is 2.26 bits per heavy atom. The van der Waals surface area contributed by atoms with Crippen LogP contribution < -0.4 is 15.8 Å². The Hall–Kier alpha value is -2.00. The van der Waals surface area contributed by atoms with Crippen molar-refractivity contribution in [1.29, 1.82) is 0 Å². The average molecular weight is 370 g/mol. The lowest BCUT2D eigenvalue weighted by molar-refractivity contribution is 0.0978. The largest absolute Gasteiger partial charge is 0.332 e. The highest BCUT2D eigenvalue weighted by Gasteiger charge is 2.12. The minimum Gasteiger partial charge on any atom is -0.332 e. The maximum absolute atomic E-state index is 12.0. The van der Waals surface area contributed by atoms with Gasteiger partial charge in [-0.1, -0.05) is 23.7 Å². The van der Waals surface area contributed by atoms with E-state index in [9.17, 15) is 13.2 Å². The first-order valence-electron chi connectivity index (χ1n) is 6.27. The highest BCUT2D eigenvalue weighted by Crippen LogP contribution is 2.15. The number of nitrogens with two attached hydrogens (primary N) is 1. The van der Waals surface area contributed by atoms with Gasteiger partial charge in [0.2, 0.25) is 10.0 Å². The standard InChI is InChI=1S/C14H12ClN3O3S2/c15-12-4-2-1-3-11(12)13(19)18-14(22)17-9-5-7-10(8-6-9)23(16,20)21/h1-8H,(H2,16,20,21)(H2,17,18,19,22). The third-order valence-corrected chi connectivity index (χ3v) is 4.25. The van der Waals surface area contributed by atoms with Crippen LogP contribution in [0, 0.1) is 0 Å². The van der Waals surface area contributed by atoms with Gasteiger partial charge in [-0.15, -0.1) is 0 Å². The zero-order valence-electron chi connectivity index (χ0n) is 11.6. The number of carbonyl (C=O) groups is 1. The van der Waals surface area contributed by atoms with Crippen molar-refractivity contribution in [1.82, 2.24) is 5.32 Å². The summed E-state index contributed by atoms with van der Waals surface area (Å²) in [6.07, 6.45) is 0. The molecule has 0 aromatic heterocycles. The summed E-state index contributed by atoms with van der Waals surface area (Å²) in [6, 6.07) is 12.2. The second kappa shape index (κ2) is 7.05. The number of primary sulfonamides is 1. The maximum atomic E-state index is 12.0. The van der Waals surface area contributed by atoms with Crippen molar-refractivity contribution in [2.45, 2.75) is 4.90 Å². The zero-order valence-corrected chi connectivity index (χ0v) is 14.0. The molecule has 0 atom stereocenters. The van der Waals surface area contributed by atoms with Gasteiger partial charge in [-0.05, 0) is 48.6 Å². The molecule has 0 fully saturated rings. The van der Waals surface area contributed by atoms with Crippen LogP contribution in [0.2, 0.25) is 5.02 Å². The van der Waals surface area contributed by atoms with E-state index in [2.05, 4.69) is 10.6 Å². The molecule has 0 saturated carbocycles. The molecule has 2 aromatic carbocycles. The second-order valence-corrected chi connectivity index (χ2v) is 6.83. The molecule has 2 rings (SSSR count). The summed E-state index contributed by atoms with van der Waals surface area (Å²) in [5.74, 6) is -0.450. The summed E-state index contributed by atoms with van der Waals surface area (Å²) < 4.78 is 22.3. The van der Waals surface area contributed by atoms with Crippen LogP contribution in [0.1, 0.15) is 10.4 Å². The van der Waals surface area contributed by atoms with E-state index >= 15 is 0 Å². The maximum Gasteiger partial charge on any atom is 0.258 e. The topological polar surface area (TPSA) is 101 Å². The van der Waals surface area contributed by atoms with E-state index < -0.39 is 15.9 Å². The van der Waals surface area contributed by atoms with Crippen molar-refractivity contribution in [2.75, 3.05) is 5.32 Å². The summed E-state index contributed by atoms with van der Waals surface area (Å²) >= 11 is 11.0. The third-order valence-electron chi connectivity index (χ3n) is 2.79. The van der Waals surface area contributed by atoms with Gasteiger partial charge in [0, 0.05) is 5.69 Å². The minimum absolute atomic E-state index is 0.0194. The van der Waals surface area contributed by atoms with Gasteiger partial charge in [0.25, 0.3) is 5.91 Å². The number of rotatable bonds is 3. The Morgan fingerprint density at radius 1 is 1.09 bits per heavy atom. The molecule has 0 saturated heterocycles. The van der Waals surface area contributed by atoms with E-state index in [-0.39, 0.29) is 10.0 Å². The molecule has 2 aromatic rings. The Balaban J connectivity index is 2.03. The number of thiocarbonyl (C=S) groups is 1. The fourth-order valence-electron chi connectivity index (χ4n) is 1.71. The zero-order chi connectivity index (χ0) is 17.0. The molecule has 23 heavy (non-hydrogen) atoms. The fraction of sp³-hybridized carbons (Fsp3) is 0. The normalized spacial score (nSPS) is 10.9. The van der Waals surface area contributed by atoms with Gasteiger partial charge in [0.15, 0.2) is 5.11 Å². The van der Waals surface area contributed by atoms with Crippen LogP contribution in [-0.2, 0) is 10.0 Å². The molecule has 0 unspecified atom stereocenters. The lowest BCUT2D eigenvalue weighted by Gasteiger charge is -2.10. The molecular weight excluding hydrogens is 358 g/mol. The first-order chi connectivity index (χ1) is 10.8. The molecule has 0 aliphatic rings. The van der Waals surface area contributed by atoms with E-state index in [1.54, 1.807) is 24.3 Å². The van der Waals surface area contributed by atoms with Gasteiger partial charge in [0.05, 0.1) is 15.5 Å². The quantitative estimate of drug-likeness (QED) is 0.719. The number of carbonyl (C=O) groups excluding carboxylic acids is 1. The van der Waals surface area contributed by atoms with Crippen molar-refractivity contribution >= 4 is 50.5 Å². The van der Waals surface area contributed by atoms with Crippen LogP contribution in [0.15, 0.2) is 53.4 Å². The summed E-state index contributed by atoms with van der Waals surface area (Å²) in [6.45, 7) is 0. The Kier molecular flexibility index (Phi) is 5.32. The molecular formula is C14H12ClN3O3S2. The van der Waals surface area contributed by atoms with E-state index in [1.807, 2.05) is 0 Å². The van der Waals surface area contributed by atoms with Gasteiger partial charge >= 0.3 is 0 Å². The summed E-state index contributed by atoms with van der Waals surface area (Å²) in [7, 11) is -3.75. The highest BCUT2D eigenvalue weighted by atomic mass is 35.5. The molecule has 0 heterocycles. The van der Waals surface area contributed by atoms with Crippen LogP contribution in [0.3, 0.4) is 0 Å². The molecule has 0 bridgehead atoms. The van der Waals surface area contributed by atoms with Crippen molar-refractivity contribution < 1.29 is 13.2 Å². The number of sulfonamides is 1. The van der Waals surface area contributed by atoms with Gasteiger partial charge < -0.3 is 5.32 Å². The highest BCUT2D eigenvalue weighted by molar-refractivity contribution is 7.89. The van der Waals surface area contributed by atoms with Crippen molar-refractivity contribution in [3.63, 3.8) is 0 Å². The SMILES string of the molecule is NS(=O)(=O)c1ccc(NC(=S)NC(=O)c2ccccc2Cl)cc1. The number of halogens is 1. The van der Waals surface area contributed by atoms with Crippen molar-refractivity contribution in [2.24, 2.45) is 5.14 Å². The molecule has 120 valence electrons. The van der Waals surface area contributed by atoms with Gasteiger partial charge in [-0.2, -0.15) is 0 Å². The van der Waals surface area contributed by atoms with Crippen LogP contribution in [0.4, 0.5) is 5.69 Å². The van der Waals surface area contributed by atoms with E-state index in [1.165, 1.54) is 24.3 Å². The second-order valence-electron chi connectivity index (χ2n) is 4.46. The van der Waals surface area contributed by atoms with E-state index in [0.717, 1.165) is 0 Å². The first kappa shape index (κ1) is 17.4. The third kappa shape index (κ3) is 4.73. The molecule has 1 amide bonds. The number of anilines is 1.